The summed E-state index contributed by atoms with van der Waals surface area (Å²) in [5.41, 5.74) is 2.34. The van der Waals surface area contributed by atoms with Crippen molar-refractivity contribution in [1.29, 1.82) is 0 Å². The second-order valence-electron chi connectivity index (χ2n) is 4.49. The summed E-state index contributed by atoms with van der Waals surface area (Å²) in [7, 11) is 0. The number of benzene rings is 1. The van der Waals surface area contributed by atoms with Crippen LogP contribution >= 0.6 is 15.9 Å². The van der Waals surface area contributed by atoms with E-state index in [0.29, 0.717) is 12.1 Å². The number of amides is 2. The molecular formula is C14H15BrN4O2. The summed E-state index contributed by atoms with van der Waals surface area (Å²) in [5.74, 6) is -0.529. The van der Waals surface area contributed by atoms with Gasteiger partial charge in [0.15, 0.2) is 0 Å². The number of hydrogen-bond acceptors (Lipinski definition) is 3. The fourth-order valence-electron chi connectivity index (χ4n) is 1.67. The third-order valence-electron chi connectivity index (χ3n) is 2.93. The van der Waals surface area contributed by atoms with Gasteiger partial charge in [-0.25, -0.2) is 0 Å². The lowest BCUT2D eigenvalue weighted by molar-refractivity contribution is -0.120. The Kier molecular flexibility index (Phi) is 5.10. The van der Waals surface area contributed by atoms with Crippen LogP contribution in [-0.4, -0.2) is 28.6 Å². The molecule has 1 aromatic heterocycles. The Morgan fingerprint density at radius 2 is 1.95 bits per heavy atom. The SMILES string of the molecule is Cc1[nH]ncc1CNC(=O)CNC(=O)c1ccc(Br)cc1. The molecule has 1 heterocycles. The van der Waals surface area contributed by atoms with Crippen LogP contribution in [0.3, 0.4) is 0 Å². The van der Waals surface area contributed by atoms with Crippen LogP contribution in [0.2, 0.25) is 0 Å². The lowest BCUT2D eigenvalue weighted by atomic mass is 10.2. The zero-order valence-electron chi connectivity index (χ0n) is 11.4. The van der Waals surface area contributed by atoms with Crippen LogP contribution in [-0.2, 0) is 11.3 Å². The van der Waals surface area contributed by atoms with Crippen molar-refractivity contribution in [1.82, 2.24) is 20.8 Å². The van der Waals surface area contributed by atoms with Gasteiger partial charge in [-0.15, -0.1) is 0 Å². The maximum Gasteiger partial charge on any atom is 0.251 e. The Morgan fingerprint density at radius 1 is 1.24 bits per heavy atom. The number of rotatable bonds is 5. The van der Waals surface area contributed by atoms with E-state index in [-0.39, 0.29) is 18.4 Å². The van der Waals surface area contributed by atoms with Gasteiger partial charge in [-0.1, -0.05) is 15.9 Å². The first kappa shape index (κ1) is 15.2. The maximum absolute atomic E-state index is 11.8. The molecule has 1 aromatic carbocycles. The number of H-pyrrole nitrogens is 1. The van der Waals surface area contributed by atoms with Gasteiger partial charge in [-0.05, 0) is 31.2 Å². The van der Waals surface area contributed by atoms with Gasteiger partial charge in [0, 0.05) is 27.8 Å². The van der Waals surface area contributed by atoms with E-state index in [9.17, 15) is 9.59 Å². The van der Waals surface area contributed by atoms with E-state index in [2.05, 4.69) is 36.8 Å². The van der Waals surface area contributed by atoms with Gasteiger partial charge in [0.1, 0.15) is 0 Å². The van der Waals surface area contributed by atoms with Crippen molar-refractivity contribution in [3.8, 4) is 0 Å². The van der Waals surface area contributed by atoms with E-state index in [1.807, 2.05) is 6.92 Å². The fourth-order valence-corrected chi connectivity index (χ4v) is 1.94. The lowest BCUT2D eigenvalue weighted by Gasteiger charge is -2.06. The summed E-state index contributed by atoms with van der Waals surface area (Å²) in [6.07, 6.45) is 1.66. The van der Waals surface area contributed by atoms with Crippen LogP contribution in [0.4, 0.5) is 0 Å². The first-order valence-corrected chi connectivity index (χ1v) is 7.15. The number of aromatic amines is 1. The highest BCUT2D eigenvalue weighted by atomic mass is 79.9. The molecule has 2 amide bonds. The summed E-state index contributed by atoms with van der Waals surface area (Å²) in [6.45, 7) is 2.20. The van der Waals surface area contributed by atoms with Crippen molar-refractivity contribution >= 4 is 27.7 Å². The standard InChI is InChI=1S/C14H15BrN4O2/c1-9-11(7-18-19-9)6-16-13(20)8-17-14(21)10-2-4-12(15)5-3-10/h2-5,7H,6,8H2,1H3,(H,16,20)(H,17,21)(H,18,19). The molecule has 0 aliphatic rings. The highest BCUT2D eigenvalue weighted by molar-refractivity contribution is 9.10. The third kappa shape index (κ3) is 4.42. The van der Waals surface area contributed by atoms with Crippen LogP contribution in [0.1, 0.15) is 21.6 Å². The number of carbonyl (C=O) groups is 2. The molecule has 21 heavy (non-hydrogen) atoms. The fraction of sp³-hybridized carbons (Fsp3) is 0.214. The molecule has 2 rings (SSSR count). The highest BCUT2D eigenvalue weighted by Gasteiger charge is 2.08. The minimum absolute atomic E-state index is 0.0637. The van der Waals surface area contributed by atoms with Crippen LogP contribution in [0.15, 0.2) is 34.9 Å². The summed E-state index contributed by atoms with van der Waals surface area (Å²) in [5, 5.41) is 12.0. The van der Waals surface area contributed by atoms with Gasteiger partial charge < -0.3 is 10.6 Å². The minimum atomic E-state index is -0.280. The van der Waals surface area contributed by atoms with Crippen molar-refractivity contribution in [2.24, 2.45) is 0 Å². The quantitative estimate of drug-likeness (QED) is 0.764. The molecule has 3 N–H and O–H groups in total. The van der Waals surface area contributed by atoms with E-state index in [4.69, 9.17) is 0 Å². The molecule has 0 bridgehead atoms. The summed E-state index contributed by atoms with van der Waals surface area (Å²) in [4.78, 5) is 23.5. The van der Waals surface area contributed by atoms with Crippen LogP contribution in [0.5, 0.6) is 0 Å². The lowest BCUT2D eigenvalue weighted by Crippen LogP contribution is -2.36. The molecule has 6 nitrogen and oxygen atoms in total. The number of carbonyl (C=O) groups excluding carboxylic acids is 2. The normalized spacial score (nSPS) is 10.2. The smallest absolute Gasteiger partial charge is 0.251 e. The molecule has 0 saturated carbocycles. The number of nitrogens with one attached hydrogen (secondary N) is 3. The van der Waals surface area contributed by atoms with Crippen molar-refractivity contribution in [3.63, 3.8) is 0 Å². The van der Waals surface area contributed by atoms with E-state index in [1.54, 1.807) is 30.5 Å². The molecule has 0 saturated heterocycles. The first-order chi connectivity index (χ1) is 10.1. The molecule has 0 spiro atoms. The molecule has 0 fully saturated rings. The van der Waals surface area contributed by atoms with E-state index in [1.165, 1.54) is 0 Å². The van der Waals surface area contributed by atoms with Crippen LogP contribution in [0.25, 0.3) is 0 Å². The number of hydrogen-bond donors (Lipinski definition) is 3. The maximum atomic E-state index is 11.8. The Morgan fingerprint density at radius 3 is 2.57 bits per heavy atom. The minimum Gasteiger partial charge on any atom is -0.350 e. The number of aryl methyl sites for hydroxylation is 1. The van der Waals surface area contributed by atoms with E-state index in [0.717, 1.165) is 15.7 Å². The average Bonchev–Trinajstić information content (AvgIpc) is 2.88. The Bertz CT molecular complexity index is 637. The van der Waals surface area contributed by atoms with Crippen molar-refractivity contribution < 1.29 is 9.59 Å². The van der Waals surface area contributed by atoms with Crippen LogP contribution < -0.4 is 10.6 Å². The predicted molar refractivity (Wildman–Crippen MR) is 81.6 cm³/mol. The topological polar surface area (TPSA) is 86.9 Å². The molecule has 0 unspecified atom stereocenters. The number of nitrogens with zero attached hydrogens (tertiary/aromatic N) is 1. The molecule has 2 aromatic rings. The van der Waals surface area contributed by atoms with Crippen molar-refractivity contribution in [2.45, 2.75) is 13.5 Å². The van der Waals surface area contributed by atoms with Gasteiger partial charge in [0.2, 0.25) is 5.91 Å². The molecule has 0 aliphatic heterocycles. The summed E-state index contributed by atoms with van der Waals surface area (Å²) < 4.78 is 0.896. The van der Waals surface area contributed by atoms with E-state index >= 15 is 0 Å². The largest absolute Gasteiger partial charge is 0.350 e. The molecule has 7 heteroatoms. The van der Waals surface area contributed by atoms with Crippen molar-refractivity contribution in [2.75, 3.05) is 6.54 Å². The van der Waals surface area contributed by atoms with Gasteiger partial charge in [-0.2, -0.15) is 5.10 Å². The van der Waals surface area contributed by atoms with Gasteiger partial charge in [0.05, 0.1) is 12.7 Å². The van der Waals surface area contributed by atoms with Gasteiger partial charge in [-0.3, -0.25) is 14.7 Å². The Labute approximate surface area is 130 Å². The van der Waals surface area contributed by atoms with Gasteiger partial charge in [0.25, 0.3) is 5.91 Å². The molecule has 0 atom stereocenters. The molecular weight excluding hydrogens is 336 g/mol. The Balaban J connectivity index is 1.77. The van der Waals surface area contributed by atoms with E-state index < -0.39 is 0 Å². The second kappa shape index (κ2) is 7.03. The number of aromatic nitrogens is 2. The average molecular weight is 351 g/mol. The highest BCUT2D eigenvalue weighted by Crippen LogP contribution is 2.10. The number of halogens is 1. The molecule has 110 valence electrons. The van der Waals surface area contributed by atoms with Crippen LogP contribution in [0, 0.1) is 6.92 Å². The first-order valence-electron chi connectivity index (χ1n) is 6.35. The zero-order valence-corrected chi connectivity index (χ0v) is 13.0. The predicted octanol–water partition coefficient (Wildman–Crippen LogP) is 1.53. The molecule has 0 radical (unpaired) electrons. The van der Waals surface area contributed by atoms with Crippen molar-refractivity contribution in [3.05, 3.63) is 51.8 Å². The summed E-state index contributed by atoms with van der Waals surface area (Å²) in [6, 6.07) is 6.92. The third-order valence-corrected chi connectivity index (χ3v) is 3.45. The molecule has 0 aliphatic carbocycles. The monoisotopic (exact) mass is 350 g/mol. The Hall–Kier alpha value is -2.15. The van der Waals surface area contributed by atoms with Gasteiger partial charge >= 0.3 is 0 Å². The zero-order chi connectivity index (χ0) is 15.2. The summed E-state index contributed by atoms with van der Waals surface area (Å²) >= 11 is 3.30. The second-order valence-corrected chi connectivity index (χ2v) is 5.40.